The molecule has 0 atom stereocenters. The van der Waals surface area contributed by atoms with Gasteiger partial charge in [0.05, 0.1) is 20.7 Å². The predicted octanol–water partition coefficient (Wildman–Crippen LogP) is 6.98. The van der Waals surface area contributed by atoms with Gasteiger partial charge in [-0.05, 0) is 75.4 Å². The monoisotopic (exact) mass is 561 g/mol. The van der Waals surface area contributed by atoms with Crippen molar-refractivity contribution in [1.29, 1.82) is 0 Å². The third-order valence-electron chi connectivity index (χ3n) is 6.96. The van der Waals surface area contributed by atoms with Crippen LogP contribution >= 0.6 is 0 Å². The van der Waals surface area contributed by atoms with Gasteiger partial charge in [0.2, 0.25) is 0 Å². The fraction of sp³-hybridized carbons (Fsp3) is 0.382. The van der Waals surface area contributed by atoms with E-state index in [1.54, 1.807) is 26.1 Å². The molecule has 0 spiro atoms. The molecule has 0 bridgehead atoms. The standard InChI is InChI=1S/C34H41N3O4/c1-7-35-28-20-30-26(18-22(28)3)33(27-19-23(4)29(36-8-2)21-31(27)41-30)24-14-11-12-15-25(24)34(39)37(5)17-13-9-10-16-32(38)40-6/h11-12,14-15,18-21,35H,7-10,13,16-17H2,1-6H3/i11D,12D,14D,15D,20D,21D. The number of nitrogens with zero attached hydrogens (tertiary/aromatic N) is 2. The molecule has 0 unspecified atom stereocenters. The molecule has 4 rings (SSSR count). The number of nitrogens with one attached hydrogen (secondary N) is 1. The van der Waals surface area contributed by atoms with E-state index >= 15 is 0 Å². The number of rotatable bonds is 11. The lowest BCUT2D eigenvalue weighted by molar-refractivity contribution is -0.140. The molecule has 2 aliphatic rings. The zero-order valence-electron chi connectivity index (χ0n) is 30.6. The van der Waals surface area contributed by atoms with Crippen LogP contribution in [0.1, 0.15) is 69.2 Å². The summed E-state index contributed by atoms with van der Waals surface area (Å²) in [6.45, 7) is 8.64. The lowest BCUT2D eigenvalue weighted by Crippen LogP contribution is -2.28. The van der Waals surface area contributed by atoms with Crippen molar-refractivity contribution in [3.05, 3.63) is 70.4 Å². The van der Waals surface area contributed by atoms with Crippen molar-refractivity contribution >= 4 is 28.5 Å². The van der Waals surface area contributed by atoms with Crippen LogP contribution in [0.25, 0.3) is 33.4 Å². The van der Waals surface area contributed by atoms with E-state index < -0.39 is 30.1 Å². The summed E-state index contributed by atoms with van der Waals surface area (Å²) in [7, 11) is 2.91. The Morgan fingerprint density at radius 3 is 2.56 bits per heavy atom. The maximum absolute atomic E-state index is 14.2. The third-order valence-corrected chi connectivity index (χ3v) is 6.96. The molecule has 41 heavy (non-hydrogen) atoms. The topological polar surface area (TPSA) is 84.1 Å². The average molecular weight is 562 g/mol. The number of methoxy groups -OCH3 is 1. The van der Waals surface area contributed by atoms with E-state index in [4.69, 9.17) is 12.6 Å². The van der Waals surface area contributed by atoms with E-state index in [2.05, 4.69) is 15.0 Å². The van der Waals surface area contributed by atoms with Crippen molar-refractivity contribution in [2.75, 3.05) is 39.1 Å². The zero-order valence-corrected chi connectivity index (χ0v) is 24.6. The minimum atomic E-state index is -0.602. The first-order chi connectivity index (χ1) is 22.3. The average Bonchev–Trinajstić information content (AvgIpc) is 3.04. The number of aryl methyl sites for hydroxylation is 2. The fourth-order valence-electron chi connectivity index (χ4n) is 4.84. The Balaban J connectivity index is 2.07. The summed E-state index contributed by atoms with van der Waals surface area (Å²) in [6.07, 6.45) is 2.07. The summed E-state index contributed by atoms with van der Waals surface area (Å²) in [5.74, 6) is -0.817. The first-order valence-corrected chi connectivity index (χ1v) is 14.0. The number of ether oxygens (including phenoxy) is 1. The largest absolute Gasteiger partial charge is 0.469 e. The number of hydrogen-bond acceptors (Lipinski definition) is 6. The van der Waals surface area contributed by atoms with Crippen molar-refractivity contribution in [1.82, 2.24) is 4.90 Å². The maximum Gasteiger partial charge on any atom is 0.305 e. The highest BCUT2D eigenvalue weighted by molar-refractivity contribution is 6.09. The molecule has 0 saturated heterocycles. The number of benzene rings is 3. The summed E-state index contributed by atoms with van der Waals surface area (Å²) in [4.78, 5) is 31.6. The number of fused-ring (bicyclic) bond motifs is 2. The van der Waals surface area contributed by atoms with Crippen LogP contribution in [-0.2, 0) is 9.53 Å². The van der Waals surface area contributed by atoms with E-state index in [1.165, 1.54) is 12.0 Å². The van der Waals surface area contributed by atoms with E-state index in [9.17, 15) is 9.59 Å². The molecule has 2 aromatic rings. The van der Waals surface area contributed by atoms with Crippen LogP contribution < -0.4 is 10.7 Å². The van der Waals surface area contributed by atoms with E-state index in [1.807, 2.05) is 20.8 Å². The number of unbranched alkanes of at least 4 members (excludes halogenated alkanes) is 2. The Kier molecular flexibility index (Phi) is 7.42. The lowest BCUT2D eigenvalue weighted by atomic mass is 9.89. The molecular weight excluding hydrogens is 514 g/mol. The summed E-state index contributed by atoms with van der Waals surface area (Å²) < 4.78 is 64.3. The molecule has 0 fully saturated rings. The van der Waals surface area contributed by atoms with Crippen molar-refractivity contribution in [3.8, 4) is 22.5 Å². The van der Waals surface area contributed by atoms with Gasteiger partial charge in [0.1, 0.15) is 11.3 Å². The second-order valence-electron chi connectivity index (χ2n) is 9.96. The van der Waals surface area contributed by atoms with Crippen LogP contribution in [0.4, 0.5) is 5.69 Å². The second kappa shape index (κ2) is 13.5. The summed E-state index contributed by atoms with van der Waals surface area (Å²) in [5.41, 5.74) is 2.41. The van der Waals surface area contributed by atoms with Crippen molar-refractivity contribution in [3.63, 3.8) is 0 Å². The Bertz CT molecular complexity index is 1910. The molecule has 1 amide bonds. The molecule has 0 radical (unpaired) electrons. The zero-order chi connectivity index (χ0) is 34.7. The highest BCUT2D eigenvalue weighted by atomic mass is 16.5. The number of hydrogen-bond donors (Lipinski definition) is 1. The molecule has 7 heteroatoms. The normalized spacial score (nSPS) is 13.8. The number of anilines is 1. The molecule has 216 valence electrons. The Morgan fingerprint density at radius 2 is 1.83 bits per heavy atom. The van der Waals surface area contributed by atoms with Gasteiger partial charge in [0.15, 0.2) is 0 Å². The first kappa shape index (κ1) is 22.5. The third kappa shape index (κ3) is 6.62. The van der Waals surface area contributed by atoms with Crippen molar-refractivity contribution in [2.45, 2.75) is 53.4 Å². The first-order valence-electron chi connectivity index (χ1n) is 17.0. The van der Waals surface area contributed by atoms with Crippen LogP contribution in [0.5, 0.6) is 0 Å². The molecule has 1 aliphatic carbocycles. The van der Waals surface area contributed by atoms with E-state index in [0.29, 0.717) is 65.5 Å². The molecule has 0 aromatic heterocycles. The Morgan fingerprint density at radius 1 is 1.05 bits per heavy atom. The van der Waals surface area contributed by atoms with Crippen molar-refractivity contribution in [2.24, 2.45) is 4.99 Å². The maximum atomic E-state index is 14.2. The van der Waals surface area contributed by atoms with Gasteiger partial charge in [-0.2, -0.15) is 0 Å². The van der Waals surface area contributed by atoms with Crippen LogP contribution in [0, 0.1) is 13.8 Å². The van der Waals surface area contributed by atoms with Crippen LogP contribution in [0.15, 0.2) is 57.8 Å². The molecule has 1 N–H and O–H groups in total. The molecule has 1 aliphatic heterocycles. The van der Waals surface area contributed by atoms with Crippen LogP contribution in [0.3, 0.4) is 0 Å². The predicted molar refractivity (Wildman–Crippen MR) is 165 cm³/mol. The molecule has 0 saturated carbocycles. The van der Waals surface area contributed by atoms with E-state index in [-0.39, 0.29) is 59.1 Å². The Labute approximate surface area is 251 Å². The minimum absolute atomic E-state index is 0.0206. The molecule has 1 heterocycles. The summed E-state index contributed by atoms with van der Waals surface area (Å²) >= 11 is 0. The van der Waals surface area contributed by atoms with Crippen LogP contribution in [0.2, 0.25) is 0 Å². The van der Waals surface area contributed by atoms with Gasteiger partial charge in [-0.3, -0.25) is 14.6 Å². The van der Waals surface area contributed by atoms with Gasteiger partial charge in [0.25, 0.3) is 5.91 Å². The summed E-state index contributed by atoms with van der Waals surface area (Å²) in [5, 5.41) is 3.99. The van der Waals surface area contributed by atoms with Gasteiger partial charge in [-0.15, -0.1) is 0 Å². The highest BCUT2D eigenvalue weighted by Gasteiger charge is 2.24. The van der Waals surface area contributed by atoms with Crippen LogP contribution in [-0.4, -0.2) is 50.6 Å². The summed E-state index contributed by atoms with van der Waals surface area (Å²) in [6, 6.07) is 1.59. The SMILES string of the molecule is [2H]c1c([2H])c([2H])c(-c2c3cc(C)c(=NCC)c([2H])c-3oc3c([2H])c(NCC)c(C)cc23)c(C(=O)N(C)CCCCCC(=O)OC)c1[2H]. The van der Waals surface area contributed by atoms with Gasteiger partial charge < -0.3 is 19.4 Å². The van der Waals surface area contributed by atoms with Crippen molar-refractivity contribution < 1.29 is 27.0 Å². The quantitative estimate of drug-likeness (QED) is 0.121. The number of amides is 1. The van der Waals surface area contributed by atoms with Gasteiger partial charge in [-0.25, -0.2) is 0 Å². The van der Waals surface area contributed by atoms with Gasteiger partial charge >= 0.3 is 5.97 Å². The second-order valence-corrected chi connectivity index (χ2v) is 9.96. The number of esters is 1. The smallest absolute Gasteiger partial charge is 0.305 e. The van der Waals surface area contributed by atoms with Gasteiger partial charge in [0, 0.05) is 73.0 Å². The fourth-order valence-corrected chi connectivity index (χ4v) is 4.84. The Hall–Kier alpha value is -4.13. The molecular formula is C34H41N3O4. The molecule has 7 nitrogen and oxygen atoms in total. The van der Waals surface area contributed by atoms with Gasteiger partial charge in [-0.1, -0.05) is 24.5 Å². The minimum Gasteiger partial charge on any atom is -0.469 e. The lowest BCUT2D eigenvalue weighted by Gasteiger charge is -2.22. The number of carbonyl (C=O) groups is 2. The highest BCUT2D eigenvalue weighted by Crippen LogP contribution is 2.43. The molecule has 2 aromatic carbocycles. The number of carbonyl (C=O) groups excluding carboxylic acids is 2. The van der Waals surface area contributed by atoms with E-state index in [0.717, 1.165) is 0 Å².